The summed E-state index contributed by atoms with van der Waals surface area (Å²) >= 11 is 1.61. The number of nitrogens with zero attached hydrogens (tertiary/aromatic N) is 2. The second-order valence-corrected chi connectivity index (χ2v) is 6.56. The van der Waals surface area contributed by atoms with E-state index in [0.717, 1.165) is 27.9 Å². The predicted molar refractivity (Wildman–Crippen MR) is 97.4 cm³/mol. The molecule has 2 aromatic carbocycles. The summed E-state index contributed by atoms with van der Waals surface area (Å²) in [5, 5.41) is 0.789. The van der Waals surface area contributed by atoms with E-state index in [1.807, 2.05) is 74.5 Å². The van der Waals surface area contributed by atoms with E-state index in [1.165, 1.54) is 0 Å². The smallest absolute Gasteiger partial charge is 0.193 e. The number of hydrogen-bond acceptors (Lipinski definition) is 4. The van der Waals surface area contributed by atoms with Gasteiger partial charge in [-0.05, 0) is 25.5 Å². The minimum atomic E-state index is 0.0486. The van der Waals surface area contributed by atoms with Crippen LogP contribution >= 0.6 is 11.8 Å². The van der Waals surface area contributed by atoms with Crippen LogP contribution < -0.4 is 0 Å². The highest BCUT2D eigenvalue weighted by Crippen LogP contribution is 2.20. The van der Waals surface area contributed by atoms with Crippen LogP contribution in [0, 0.1) is 13.8 Å². The third-order valence-corrected chi connectivity index (χ3v) is 4.50. The molecule has 0 atom stereocenters. The van der Waals surface area contributed by atoms with Crippen molar-refractivity contribution in [1.82, 2.24) is 9.97 Å². The molecule has 0 bridgehead atoms. The van der Waals surface area contributed by atoms with E-state index in [1.54, 1.807) is 11.8 Å². The van der Waals surface area contributed by atoms with Crippen LogP contribution in [0.2, 0.25) is 0 Å². The van der Waals surface area contributed by atoms with E-state index in [9.17, 15) is 4.79 Å². The normalized spacial score (nSPS) is 10.6. The van der Waals surface area contributed by atoms with Gasteiger partial charge in [-0.15, -0.1) is 0 Å². The van der Waals surface area contributed by atoms with Gasteiger partial charge in [-0.1, -0.05) is 66.4 Å². The number of benzene rings is 2. The zero-order valence-electron chi connectivity index (χ0n) is 13.7. The molecule has 120 valence electrons. The summed E-state index contributed by atoms with van der Waals surface area (Å²) in [6, 6.07) is 19.1. The minimum absolute atomic E-state index is 0.0486. The maximum atomic E-state index is 12.4. The molecule has 0 spiro atoms. The number of aromatic nitrogens is 2. The Morgan fingerprint density at radius 2 is 1.46 bits per heavy atom. The summed E-state index contributed by atoms with van der Waals surface area (Å²) in [6.45, 7) is 3.95. The Morgan fingerprint density at radius 3 is 2.08 bits per heavy atom. The number of rotatable bonds is 5. The molecule has 0 aliphatic heterocycles. The maximum Gasteiger partial charge on any atom is 0.193 e. The lowest BCUT2D eigenvalue weighted by molar-refractivity contribution is 0.103. The van der Waals surface area contributed by atoms with E-state index in [0.29, 0.717) is 11.1 Å². The van der Waals surface area contributed by atoms with Gasteiger partial charge in [0.1, 0.15) is 0 Å². The van der Waals surface area contributed by atoms with Crippen LogP contribution in [-0.2, 0) is 5.75 Å². The third-order valence-electron chi connectivity index (χ3n) is 3.58. The lowest BCUT2D eigenvalue weighted by Crippen LogP contribution is -2.00. The van der Waals surface area contributed by atoms with Crippen LogP contribution in [0.5, 0.6) is 0 Å². The van der Waals surface area contributed by atoms with Gasteiger partial charge >= 0.3 is 0 Å². The molecule has 0 unspecified atom stereocenters. The molecule has 0 saturated carbocycles. The van der Waals surface area contributed by atoms with Crippen LogP contribution in [0.3, 0.4) is 0 Å². The Kier molecular flexibility index (Phi) is 5.06. The summed E-state index contributed by atoms with van der Waals surface area (Å²) in [6.07, 6.45) is 0. The highest BCUT2D eigenvalue weighted by molar-refractivity contribution is 7.98. The lowest BCUT2D eigenvalue weighted by atomic mass is 10.0. The summed E-state index contributed by atoms with van der Waals surface area (Å²) in [4.78, 5) is 21.3. The number of carbonyl (C=O) groups is 1. The number of hydrogen-bond donors (Lipinski definition) is 0. The molecule has 0 saturated heterocycles. The van der Waals surface area contributed by atoms with Crippen LogP contribution in [0.15, 0.2) is 65.8 Å². The fourth-order valence-corrected chi connectivity index (χ4v) is 3.32. The van der Waals surface area contributed by atoms with Crippen molar-refractivity contribution in [1.29, 1.82) is 0 Å². The van der Waals surface area contributed by atoms with Crippen molar-refractivity contribution in [2.24, 2.45) is 0 Å². The molecule has 1 aromatic heterocycles. The van der Waals surface area contributed by atoms with Gasteiger partial charge in [-0.3, -0.25) is 4.79 Å². The first-order chi connectivity index (χ1) is 11.6. The zero-order chi connectivity index (χ0) is 16.9. The van der Waals surface area contributed by atoms with E-state index < -0.39 is 0 Å². The predicted octanol–water partition coefficient (Wildman–Crippen LogP) is 4.62. The number of aryl methyl sites for hydroxylation is 2. The zero-order valence-corrected chi connectivity index (χ0v) is 14.5. The van der Waals surface area contributed by atoms with Crippen LogP contribution in [-0.4, -0.2) is 15.8 Å². The topological polar surface area (TPSA) is 42.9 Å². The van der Waals surface area contributed by atoms with Gasteiger partial charge in [0.15, 0.2) is 10.9 Å². The molecule has 3 nitrogen and oxygen atoms in total. The summed E-state index contributed by atoms with van der Waals surface area (Å²) in [7, 11) is 0. The Hall–Kier alpha value is -2.46. The van der Waals surface area contributed by atoms with Crippen molar-refractivity contribution in [3.8, 4) is 0 Å². The van der Waals surface area contributed by atoms with Crippen molar-refractivity contribution < 1.29 is 4.79 Å². The number of thioether (sulfide) groups is 1. The van der Waals surface area contributed by atoms with Crippen molar-refractivity contribution in [2.75, 3.05) is 0 Å². The average molecular weight is 334 g/mol. The van der Waals surface area contributed by atoms with E-state index >= 15 is 0 Å². The van der Waals surface area contributed by atoms with E-state index in [2.05, 4.69) is 9.97 Å². The van der Waals surface area contributed by atoms with E-state index in [4.69, 9.17) is 0 Å². The molecule has 3 aromatic rings. The molecular weight excluding hydrogens is 316 g/mol. The van der Waals surface area contributed by atoms with Gasteiger partial charge in [0.2, 0.25) is 0 Å². The van der Waals surface area contributed by atoms with E-state index in [-0.39, 0.29) is 5.78 Å². The highest BCUT2D eigenvalue weighted by Gasteiger charge is 2.08. The fourth-order valence-electron chi connectivity index (χ4n) is 2.41. The minimum Gasteiger partial charge on any atom is -0.289 e. The van der Waals surface area contributed by atoms with Crippen molar-refractivity contribution in [2.45, 2.75) is 24.8 Å². The van der Waals surface area contributed by atoms with Gasteiger partial charge in [0.25, 0.3) is 0 Å². The quantitative estimate of drug-likeness (QED) is 0.388. The highest BCUT2D eigenvalue weighted by atomic mass is 32.2. The molecule has 0 aliphatic rings. The molecule has 1 heterocycles. The molecule has 4 heteroatoms. The van der Waals surface area contributed by atoms with Gasteiger partial charge in [0, 0.05) is 28.3 Å². The first-order valence-corrected chi connectivity index (χ1v) is 8.74. The average Bonchev–Trinajstić information content (AvgIpc) is 2.60. The summed E-state index contributed by atoms with van der Waals surface area (Å²) < 4.78 is 0. The molecule has 24 heavy (non-hydrogen) atoms. The molecule has 0 aliphatic carbocycles. The van der Waals surface area contributed by atoms with Gasteiger partial charge in [-0.25, -0.2) is 9.97 Å². The summed E-state index contributed by atoms with van der Waals surface area (Å²) in [5.41, 5.74) is 4.52. The Bertz CT molecular complexity index is 825. The second-order valence-electron chi connectivity index (χ2n) is 5.61. The standard InChI is InChI=1S/C20H18N2OS/c1-14-12-15(2)22-20(21-14)24-13-16-8-10-18(11-9-16)19(23)17-6-4-3-5-7-17/h3-12H,13H2,1-2H3. The third kappa shape index (κ3) is 4.09. The van der Waals surface area contributed by atoms with Crippen molar-refractivity contribution >= 4 is 17.5 Å². The Balaban J connectivity index is 1.67. The Morgan fingerprint density at radius 1 is 0.875 bits per heavy atom. The van der Waals surface area contributed by atoms with Crippen LogP contribution in [0.25, 0.3) is 0 Å². The molecule has 0 fully saturated rings. The first-order valence-electron chi connectivity index (χ1n) is 7.75. The van der Waals surface area contributed by atoms with Crippen LogP contribution in [0.1, 0.15) is 32.9 Å². The van der Waals surface area contributed by atoms with Crippen molar-refractivity contribution in [3.05, 3.63) is 88.7 Å². The molecule has 0 radical (unpaired) electrons. The van der Waals surface area contributed by atoms with Gasteiger partial charge in [-0.2, -0.15) is 0 Å². The number of carbonyl (C=O) groups excluding carboxylic acids is 1. The molecular formula is C20H18N2OS. The largest absolute Gasteiger partial charge is 0.289 e. The molecule has 0 amide bonds. The lowest BCUT2D eigenvalue weighted by Gasteiger charge is -2.05. The second kappa shape index (κ2) is 7.41. The number of ketones is 1. The first kappa shape index (κ1) is 16.4. The monoisotopic (exact) mass is 334 g/mol. The fraction of sp³-hybridized carbons (Fsp3) is 0.150. The Labute approximate surface area is 146 Å². The van der Waals surface area contributed by atoms with Gasteiger partial charge in [0.05, 0.1) is 0 Å². The van der Waals surface area contributed by atoms with Crippen molar-refractivity contribution in [3.63, 3.8) is 0 Å². The van der Waals surface area contributed by atoms with Crippen LogP contribution in [0.4, 0.5) is 0 Å². The van der Waals surface area contributed by atoms with Gasteiger partial charge < -0.3 is 0 Å². The summed E-state index contributed by atoms with van der Waals surface area (Å²) in [5.74, 6) is 0.829. The molecule has 3 rings (SSSR count). The SMILES string of the molecule is Cc1cc(C)nc(SCc2ccc(C(=O)c3ccccc3)cc2)n1. The maximum absolute atomic E-state index is 12.4. The molecule has 0 N–H and O–H groups in total.